The molecule has 0 spiro atoms. The highest BCUT2D eigenvalue weighted by molar-refractivity contribution is 7.92. The van der Waals surface area contributed by atoms with Crippen LogP contribution in [0.5, 0.6) is 0 Å². The van der Waals surface area contributed by atoms with Gasteiger partial charge in [0.15, 0.2) is 9.84 Å². The molecule has 1 aromatic rings. The highest BCUT2D eigenvalue weighted by Crippen LogP contribution is 2.28. The van der Waals surface area contributed by atoms with Gasteiger partial charge in [-0.05, 0) is 30.5 Å². The van der Waals surface area contributed by atoms with E-state index in [1.807, 2.05) is 18.2 Å². The van der Waals surface area contributed by atoms with E-state index in [4.69, 9.17) is 11.6 Å². The summed E-state index contributed by atoms with van der Waals surface area (Å²) in [5, 5.41) is 3.55. The molecule has 1 aliphatic carbocycles. The van der Waals surface area contributed by atoms with Crippen molar-refractivity contribution in [2.45, 2.75) is 37.0 Å². The summed E-state index contributed by atoms with van der Waals surface area (Å²) >= 11 is 6.06. The zero-order valence-electron chi connectivity index (χ0n) is 13.6. The number of amides is 1. The summed E-state index contributed by atoms with van der Waals surface area (Å²) in [6.45, 7) is 1.79. The molecule has 1 saturated heterocycles. The van der Waals surface area contributed by atoms with Crippen molar-refractivity contribution in [3.8, 4) is 0 Å². The fourth-order valence-electron chi connectivity index (χ4n) is 3.63. The summed E-state index contributed by atoms with van der Waals surface area (Å²) in [6.07, 6.45) is 3.26. The first-order valence-corrected chi connectivity index (χ1v) is 10.5. The maximum absolute atomic E-state index is 12.7. The lowest BCUT2D eigenvalue weighted by Gasteiger charge is -2.36. The smallest absolute Gasteiger partial charge is 0.238 e. The van der Waals surface area contributed by atoms with Gasteiger partial charge in [0.05, 0.1) is 11.3 Å². The minimum absolute atomic E-state index is 0.177. The molecule has 1 unspecified atom stereocenters. The minimum atomic E-state index is -3.36. The van der Waals surface area contributed by atoms with Crippen LogP contribution < -0.4 is 5.32 Å². The van der Waals surface area contributed by atoms with Crippen molar-refractivity contribution in [2.24, 2.45) is 0 Å². The van der Waals surface area contributed by atoms with Gasteiger partial charge in [0, 0.05) is 24.7 Å². The summed E-state index contributed by atoms with van der Waals surface area (Å²) in [7, 11) is -3.36. The second kappa shape index (κ2) is 7.42. The van der Waals surface area contributed by atoms with Gasteiger partial charge in [0.1, 0.15) is 5.75 Å². The average molecular weight is 371 g/mol. The fourth-order valence-corrected chi connectivity index (χ4v) is 5.63. The van der Waals surface area contributed by atoms with E-state index in [2.05, 4.69) is 5.32 Å². The molecule has 0 bridgehead atoms. The van der Waals surface area contributed by atoms with Gasteiger partial charge in [-0.3, -0.25) is 4.79 Å². The topological polar surface area (TPSA) is 66.5 Å². The standard InChI is InChI=1S/C17H23ClN2O3S/c18-14-5-3-4-13(10-14)16-11-19-8-9-20(16)17(21)12-24(22,23)15-6-1-2-7-15/h3-5,10,15-16,19H,1-2,6-9,11-12H2. The average Bonchev–Trinajstić information content (AvgIpc) is 3.10. The van der Waals surface area contributed by atoms with Crippen LogP contribution in [0.4, 0.5) is 0 Å². The Labute approximate surface area is 148 Å². The summed E-state index contributed by atoms with van der Waals surface area (Å²) < 4.78 is 25.0. The van der Waals surface area contributed by atoms with Crippen molar-refractivity contribution in [2.75, 3.05) is 25.4 Å². The number of piperazine rings is 1. The molecule has 3 rings (SSSR count). The molecule has 2 fully saturated rings. The second-order valence-corrected chi connectivity index (χ2v) is 9.29. The molecule has 1 atom stereocenters. The maximum atomic E-state index is 12.7. The van der Waals surface area contributed by atoms with Crippen LogP contribution in [0.2, 0.25) is 5.02 Å². The number of hydrogen-bond donors (Lipinski definition) is 1. The highest BCUT2D eigenvalue weighted by Gasteiger charge is 2.35. The van der Waals surface area contributed by atoms with Gasteiger partial charge < -0.3 is 10.2 Å². The highest BCUT2D eigenvalue weighted by atomic mass is 35.5. The van der Waals surface area contributed by atoms with Gasteiger partial charge >= 0.3 is 0 Å². The van der Waals surface area contributed by atoms with Crippen LogP contribution in [-0.2, 0) is 14.6 Å². The Morgan fingerprint density at radius 3 is 2.75 bits per heavy atom. The van der Waals surface area contributed by atoms with Crippen molar-refractivity contribution >= 4 is 27.3 Å². The van der Waals surface area contributed by atoms with Crippen molar-refractivity contribution in [1.82, 2.24) is 10.2 Å². The molecule has 1 aliphatic heterocycles. The summed E-state index contributed by atoms with van der Waals surface area (Å²) in [6, 6.07) is 7.23. The third kappa shape index (κ3) is 3.92. The predicted molar refractivity (Wildman–Crippen MR) is 94.8 cm³/mol. The van der Waals surface area contributed by atoms with Crippen LogP contribution in [0.25, 0.3) is 0 Å². The Morgan fingerprint density at radius 1 is 1.29 bits per heavy atom. The van der Waals surface area contributed by atoms with Gasteiger partial charge in [-0.2, -0.15) is 0 Å². The third-order valence-corrected chi connectivity index (χ3v) is 7.30. The van der Waals surface area contributed by atoms with Crippen molar-refractivity contribution in [1.29, 1.82) is 0 Å². The fraction of sp³-hybridized carbons (Fsp3) is 0.588. The van der Waals surface area contributed by atoms with E-state index in [0.717, 1.165) is 18.4 Å². The number of halogens is 1. The molecule has 132 valence electrons. The molecule has 2 aliphatic rings. The van der Waals surface area contributed by atoms with Crippen LogP contribution >= 0.6 is 11.6 Å². The Hall–Kier alpha value is -1.11. The first kappa shape index (κ1) is 17.7. The van der Waals surface area contributed by atoms with Gasteiger partial charge in [-0.25, -0.2) is 8.42 Å². The first-order chi connectivity index (χ1) is 11.5. The molecular weight excluding hydrogens is 348 g/mol. The Bertz CT molecular complexity index is 702. The van der Waals surface area contributed by atoms with E-state index in [-0.39, 0.29) is 23.0 Å². The van der Waals surface area contributed by atoms with Gasteiger partial charge in [-0.1, -0.05) is 36.6 Å². The van der Waals surface area contributed by atoms with Crippen molar-refractivity contribution in [3.05, 3.63) is 34.9 Å². The Morgan fingerprint density at radius 2 is 2.04 bits per heavy atom. The molecule has 24 heavy (non-hydrogen) atoms. The number of carbonyl (C=O) groups excluding carboxylic acids is 1. The molecular formula is C17H23ClN2O3S. The molecule has 1 saturated carbocycles. The number of rotatable bonds is 4. The number of nitrogens with zero attached hydrogens (tertiary/aromatic N) is 1. The summed E-state index contributed by atoms with van der Waals surface area (Å²) in [4.78, 5) is 14.4. The number of nitrogens with one attached hydrogen (secondary N) is 1. The van der Waals surface area contributed by atoms with E-state index in [0.29, 0.717) is 37.5 Å². The molecule has 1 heterocycles. The zero-order chi connectivity index (χ0) is 17.2. The maximum Gasteiger partial charge on any atom is 0.238 e. The minimum Gasteiger partial charge on any atom is -0.332 e. The number of carbonyl (C=O) groups is 1. The zero-order valence-corrected chi connectivity index (χ0v) is 15.2. The third-order valence-electron chi connectivity index (χ3n) is 4.93. The molecule has 1 amide bonds. The molecule has 1 aromatic carbocycles. The molecule has 1 N–H and O–H groups in total. The van der Waals surface area contributed by atoms with Crippen LogP contribution in [0.3, 0.4) is 0 Å². The normalized spacial score (nSPS) is 22.7. The SMILES string of the molecule is O=C(CS(=O)(=O)C1CCCC1)N1CCNCC1c1cccc(Cl)c1. The van der Waals surface area contributed by atoms with E-state index in [1.54, 1.807) is 11.0 Å². The molecule has 5 nitrogen and oxygen atoms in total. The number of hydrogen-bond acceptors (Lipinski definition) is 4. The van der Waals surface area contributed by atoms with Crippen LogP contribution in [0, 0.1) is 0 Å². The van der Waals surface area contributed by atoms with Crippen molar-refractivity contribution in [3.63, 3.8) is 0 Å². The van der Waals surface area contributed by atoms with Crippen molar-refractivity contribution < 1.29 is 13.2 Å². The number of benzene rings is 1. The van der Waals surface area contributed by atoms with Gasteiger partial charge in [-0.15, -0.1) is 0 Å². The Balaban J connectivity index is 1.76. The van der Waals surface area contributed by atoms with Crippen LogP contribution in [-0.4, -0.2) is 49.9 Å². The second-order valence-electron chi connectivity index (χ2n) is 6.58. The first-order valence-electron chi connectivity index (χ1n) is 8.44. The molecule has 0 aromatic heterocycles. The van der Waals surface area contributed by atoms with E-state index in [9.17, 15) is 13.2 Å². The van der Waals surface area contributed by atoms with Crippen LogP contribution in [0.1, 0.15) is 37.3 Å². The predicted octanol–water partition coefficient (Wildman–Crippen LogP) is 2.17. The van der Waals surface area contributed by atoms with E-state index in [1.165, 1.54) is 0 Å². The monoisotopic (exact) mass is 370 g/mol. The lowest BCUT2D eigenvalue weighted by molar-refractivity contribution is -0.131. The summed E-state index contributed by atoms with van der Waals surface area (Å²) in [5.74, 6) is -0.678. The summed E-state index contributed by atoms with van der Waals surface area (Å²) in [5.41, 5.74) is 0.932. The number of sulfone groups is 1. The van der Waals surface area contributed by atoms with E-state index < -0.39 is 9.84 Å². The van der Waals surface area contributed by atoms with Gasteiger partial charge in [0.2, 0.25) is 5.91 Å². The van der Waals surface area contributed by atoms with E-state index >= 15 is 0 Å². The lowest BCUT2D eigenvalue weighted by atomic mass is 10.0. The molecule has 7 heteroatoms. The van der Waals surface area contributed by atoms with Crippen LogP contribution in [0.15, 0.2) is 24.3 Å². The molecule has 0 radical (unpaired) electrons. The Kier molecular flexibility index (Phi) is 5.47. The van der Waals surface area contributed by atoms with Gasteiger partial charge in [0.25, 0.3) is 0 Å². The lowest BCUT2D eigenvalue weighted by Crippen LogP contribution is -2.50. The quantitative estimate of drug-likeness (QED) is 0.882. The largest absolute Gasteiger partial charge is 0.332 e.